The largest absolute Gasteiger partial charge is 0.433 e. The molecule has 0 bridgehead atoms. The van der Waals surface area contributed by atoms with Crippen LogP contribution in [-0.2, 0) is 6.18 Å². The van der Waals surface area contributed by atoms with Gasteiger partial charge in [0.2, 0.25) is 5.95 Å². The lowest BCUT2D eigenvalue weighted by Crippen LogP contribution is -2.11. The van der Waals surface area contributed by atoms with Crippen LogP contribution in [0.15, 0.2) is 24.4 Å². The zero-order chi connectivity index (χ0) is 12.0. The Hall–Kier alpha value is -1.59. The van der Waals surface area contributed by atoms with Crippen molar-refractivity contribution < 1.29 is 13.2 Å². The third-order valence-electron chi connectivity index (χ3n) is 1.78. The van der Waals surface area contributed by atoms with Crippen LogP contribution in [0.4, 0.5) is 19.1 Å². The Balaban J connectivity index is 2.61. The summed E-state index contributed by atoms with van der Waals surface area (Å²) in [5, 5.41) is 2.72. The van der Waals surface area contributed by atoms with Crippen molar-refractivity contribution in [2.75, 3.05) is 11.9 Å². The first-order chi connectivity index (χ1) is 7.54. The Bertz CT molecular complexity index is 361. The van der Waals surface area contributed by atoms with Gasteiger partial charge in [-0.1, -0.05) is 12.2 Å². The summed E-state index contributed by atoms with van der Waals surface area (Å²) in [5.41, 5.74) is -0.934. The highest BCUT2D eigenvalue weighted by atomic mass is 19.4. The molecule has 0 fully saturated rings. The molecule has 0 aliphatic rings. The highest BCUT2D eigenvalue weighted by Crippen LogP contribution is 2.27. The van der Waals surface area contributed by atoms with Crippen LogP contribution < -0.4 is 5.32 Å². The van der Waals surface area contributed by atoms with Gasteiger partial charge in [-0.2, -0.15) is 13.2 Å². The second-order valence-electron chi connectivity index (χ2n) is 3.05. The van der Waals surface area contributed by atoms with Crippen LogP contribution in [0.25, 0.3) is 0 Å². The normalized spacial score (nSPS) is 12.0. The maximum Gasteiger partial charge on any atom is 0.433 e. The number of hydrogen-bond acceptors (Lipinski definition) is 3. The van der Waals surface area contributed by atoms with Crippen LogP contribution in [0, 0.1) is 0 Å². The van der Waals surface area contributed by atoms with E-state index in [0.717, 1.165) is 18.7 Å². The summed E-state index contributed by atoms with van der Waals surface area (Å²) in [5.74, 6) is -0.000622. The summed E-state index contributed by atoms with van der Waals surface area (Å²) in [6.45, 7) is 2.38. The van der Waals surface area contributed by atoms with Gasteiger partial charge in [-0.05, 0) is 19.4 Å². The maximum absolute atomic E-state index is 12.3. The van der Waals surface area contributed by atoms with E-state index in [2.05, 4.69) is 15.3 Å². The standard InChI is InChI=1S/C10H12F3N3/c1-2-3-4-6-14-9-15-7-5-8(16-9)10(11,12)13/h2-3,5,7H,4,6H2,1H3,(H,14,15,16)/b3-2+. The van der Waals surface area contributed by atoms with Gasteiger partial charge in [-0.25, -0.2) is 9.97 Å². The van der Waals surface area contributed by atoms with Gasteiger partial charge >= 0.3 is 6.18 Å². The summed E-state index contributed by atoms with van der Waals surface area (Å²) >= 11 is 0. The van der Waals surface area contributed by atoms with Crippen molar-refractivity contribution in [1.29, 1.82) is 0 Å². The molecule has 0 unspecified atom stereocenters. The number of alkyl halides is 3. The van der Waals surface area contributed by atoms with Gasteiger partial charge in [-0.3, -0.25) is 0 Å². The molecule has 0 radical (unpaired) electrons. The van der Waals surface area contributed by atoms with Crippen molar-refractivity contribution in [3.05, 3.63) is 30.1 Å². The van der Waals surface area contributed by atoms with Crippen LogP contribution in [0.5, 0.6) is 0 Å². The molecule has 3 nitrogen and oxygen atoms in total. The van der Waals surface area contributed by atoms with E-state index in [0.29, 0.717) is 6.54 Å². The van der Waals surface area contributed by atoms with Crippen LogP contribution in [0.3, 0.4) is 0 Å². The molecule has 6 heteroatoms. The van der Waals surface area contributed by atoms with Crippen molar-refractivity contribution in [3.8, 4) is 0 Å². The molecule has 1 heterocycles. The first-order valence-corrected chi connectivity index (χ1v) is 4.79. The predicted octanol–water partition coefficient (Wildman–Crippen LogP) is 2.87. The van der Waals surface area contributed by atoms with Gasteiger partial charge in [0, 0.05) is 12.7 Å². The Morgan fingerprint density at radius 1 is 1.44 bits per heavy atom. The lowest BCUT2D eigenvalue weighted by molar-refractivity contribution is -0.141. The van der Waals surface area contributed by atoms with E-state index >= 15 is 0 Å². The third-order valence-corrected chi connectivity index (χ3v) is 1.78. The van der Waals surface area contributed by atoms with E-state index in [1.807, 2.05) is 19.1 Å². The fourth-order valence-corrected chi connectivity index (χ4v) is 1.04. The van der Waals surface area contributed by atoms with Gasteiger partial charge < -0.3 is 5.32 Å². The van der Waals surface area contributed by atoms with Gasteiger partial charge in [0.1, 0.15) is 5.69 Å². The molecule has 0 amide bonds. The van der Waals surface area contributed by atoms with E-state index in [1.54, 1.807) is 0 Å². The zero-order valence-electron chi connectivity index (χ0n) is 8.75. The summed E-state index contributed by atoms with van der Waals surface area (Å²) in [7, 11) is 0. The van der Waals surface area contributed by atoms with Gasteiger partial charge in [0.05, 0.1) is 0 Å². The number of halogens is 3. The lowest BCUT2D eigenvalue weighted by Gasteiger charge is -2.07. The summed E-state index contributed by atoms with van der Waals surface area (Å²) in [6.07, 6.45) is 1.15. The number of aromatic nitrogens is 2. The number of nitrogens with zero attached hydrogens (tertiary/aromatic N) is 2. The minimum atomic E-state index is -4.43. The molecule has 0 saturated heterocycles. The molecule has 0 atom stereocenters. The first-order valence-electron chi connectivity index (χ1n) is 4.79. The Morgan fingerprint density at radius 3 is 2.81 bits per heavy atom. The summed E-state index contributed by atoms with van der Waals surface area (Å²) < 4.78 is 36.8. The minimum absolute atomic E-state index is 0.000622. The molecule has 0 aliphatic heterocycles. The highest BCUT2D eigenvalue weighted by molar-refractivity contribution is 5.25. The molecule has 88 valence electrons. The number of allylic oxidation sites excluding steroid dienone is 1. The van der Waals surface area contributed by atoms with Crippen LogP contribution in [-0.4, -0.2) is 16.5 Å². The van der Waals surface area contributed by atoms with Crippen molar-refractivity contribution in [2.45, 2.75) is 19.5 Å². The Kier molecular flexibility index (Phi) is 4.28. The highest BCUT2D eigenvalue weighted by Gasteiger charge is 2.32. The quantitative estimate of drug-likeness (QED) is 0.639. The monoisotopic (exact) mass is 231 g/mol. The molecule has 16 heavy (non-hydrogen) atoms. The van der Waals surface area contributed by atoms with Crippen LogP contribution >= 0.6 is 0 Å². The zero-order valence-corrected chi connectivity index (χ0v) is 8.75. The van der Waals surface area contributed by atoms with E-state index in [-0.39, 0.29) is 5.95 Å². The minimum Gasteiger partial charge on any atom is -0.354 e. The molecule has 1 aromatic heterocycles. The van der Waals surface area contributed by atoms with Crippen molar-refractivity contribution in [3.63, 3.8) is 0 Å². The fourth-order valence-electron chi connectivity index (χ4n) is 1.04. The maximum atomic E-state index is 12.3. The number of nitrogens with one attached hydrogen (secondary N) is 1. The molecule has 1 rings (SSSR count). The van der Waals surface area contributed by atoms with Crippen LogP contribution in [0.2, 0.25) is 0 Å². The molecule has 0 saturated carbocycles. The van der Waals surface area contributed by atoms with Crippen molar-refractivity contribution in [1.82, 2.24) is 9.97 Å². The van der Waals surface area contributed by atoms with Gasteiger partial charge in [0.15, 0.2) is 0 Å². The lowest BCUT2D eigenvalue weighted by atomic mass is 10.4. The predicted molar refractivity (Wildman–Crippen MR) is 55.0 cm³/mol. The topological polar surface area (TPSA) is 37.8 Å². The Morgan fingerprint density at radius 2 is 2.19 bits per heavy atom. The van der Waals surface area contributed by atoms with Gasteiger partial charge in [-0.15, -0.1) is 0 Å². The average molecular weight is 231 g/mol. The molecular formula is C10H12F3N3. The first kappa shape index (κ1) is 12.5. The average Bonchev–Trinajstić information content (AvgIpc) is 2.24. The summed E-state index contributed by atoms with van der Waals surface area (Å²) in [4.78, 5) is 7.07. The smallest absolute Gasteiger partial charge is 0.354 e. The fraction of sp³-hybridized carbons (Fsp3) is 0.400. The third kappa shape index (κ3) is 3.88. The van der Waals surface area contributed by atoms with E-state index in [4.69, 9.17) is 0 Å². The van der Waals surface area contributed by atoms with E-state index in [1.165, 1.54) is 0 Å². The van der Waals surface area contributed by atoms with Crippen molar-refractivity contribution in [2.24, 2.45) is 0 Å². The number of hydrogen-bond donors (Lipinski definition) is 1. The van der Waals surface area contributed by atoms with E-state index in [9.17, 15) is 13.2 Å². The molecule has 0 aliphatic carbocycles. The second-order valence-corrected chi connectivity index (χ2v) is 3.05. The SMILES string of the molecule is C/C=C/CCNc1nccc(C(F)(F)F)n1. The molecule has 0 aromatic carbocycles. The Labute approximate surface area is 91.4 Å². The van der Waals surface area contributed by atoms with E-state index < -0.39 is 11.9 Å². The molecule has 0 spiro atoms. The molecule has 1 aromatic rings. The van der Waals surface area contributed by atoms with Crippen molar-refractivity contribution >= 4 is 5.95 Å². The molecular weight excluding hydrogens is 219 g/mol. The number of rotatable bonds is 4. The van der Waals surface area contributed by atoms with Gasteiger partial charge in [0.25, 0.3) is 0 Å². The van der Waals surface area contributed by atoms with Crippen LogP contribution in [0.1, 0.15) is 19.0 Å². The second kappa shape index (κ2) is 5.48. The summed E-state index contributed by atoms with van der Waals surface area (Å²) in [6, 6.07) is 0.844. The number of anilines is 1. The molecule has 1 N–H and O–H groups in total.